The van der Waals surface area contributed by atoms with Crippen LogP contribution < -0.4 is 5.32 Å². The van der Waals surface area contributed by atoms with Crippen molar-refractivity contribution in [2.45, 2.75) is 57.4 Å². The van der Waals surface area contributed by atoms with E-state index in [2.05, 4.69) is 34.7 Å². The molecule has 2 aliphatic carbocycles. The fourth-order valence-electron chi connectivity index (χ4n) is 5.14. The molecule has 2 aromatic carbocycles. The first-order chi connectivity index (χ1) is 19.4. The van der Waals surface area contributed by atoms with E-state index < -0.39 is 6.16 Å². The number of carbonyl (C=O) groups excluding carboxylic acids is 2. The molecule has 0 saturated heterocycles. The highest BCUT2D eigenvalue weighted by Crippen LogP contribution is 2.37. The van der Waals surface area contributed by atoms with E-state index >= 15 is 0 Å². The SMILES string of the molecule is O=C(NCC/C=C\C1CC1)C(c1ccc(CN2N=C(c3ccccc3)OCC2=O)cc1)C1CCCC1.O=C(O)O. The van der Waals surface area contributed by atoms with Crippen molar-refractivity contribution in [2.75, 3.05) is 13.2 Å². The fourth-order valence-corrected chi connectivity index (χ4v) is 5.14. The van der Waals surface area contributed by atoms with Crippen LogP contribution in [0.4, 0.5) is 4.79 Å². The number of nitrogens with one attached hydrogen (secondary N) is 1. The average molecular weight is 548 g/mol. The number of allylic oxidation sites excluding steroid dienone is 1. The van der Waals surface area contributed by atoms with Gasteiger partial charge in [-0.2, -0.15) is 0 Å². The number of hydrogen-bond donors (Lipinski definition) is 3. The molecule has 2 aromatic rings. The lowest BCUT2D eigenvalue weighted by atomic mass is 9.83. The van der Waals surface area contributed by atoms with Crippen LogP contribution in [-0.4, -0.2) is 52.2 Å². The minimum absolute atomic E-state index is 0.0222. The largest absolute Gasteiger partial charge is 0.503 e. The lowest BCUT2D eigenvalue weighted by Crippen LogP contribution is -2.36. The normalized spacial score (nSPS) is 17.9. The molecular formula is C31H37N3O6. The summed E-state index contributed by atoms with van der Waals surface area (Å²) in [6.45, 7) is 1.03. The van der Waals surface area contributed by atoms with Gasteiger partial charge < -0.3 is 20.3 Å². The van der Waals surface area contributed by atoms with Gasteiger partial charge >= 0.3 is 6.16 Å². The summed E-state index contributed by atoms with van der Waals surface area (Å²) >= 11 is 0. The van der Waals surface area contributed by atoms with Crippen molar-refractivity contribution < 1.29 is 29.3 Å². The van der Waals surface area contributed by atoms with Crippen molar-refractivity contribution in [1.82, 2.24) is 10.3 Å². The van der Waals surface area contributed by atoms with E-state index in [-0.39, 0.29) is 24.3 Å². The fraction of sp³-hybridized carbons (Fsp3) is 0.419. The Morgan fingerprint density at radius 2 is 1.70 bits per heavy atom. The van der Waals surface area contributed by atoms with Crippen molar-refractivity contribution in [3.63, 3.8) is 0 Å². The van der Waals surface area contributed by atoms with Gasteiger partial charge in [0.2, 0.25) is 11.8 Å². The maximum atomic E-state index is 13.2. The summed E-state index contributed by atoms with van der Waals surface area (Å²) in [6, 6.07) is 17.7. The van der Waals surface area contributed by atoms with Gasteiger partial charge in [-0.1, -0.05) is 67.5 Å². The molecule has 2 saturated carbocycles. The topological polar surface area (TPSA) is 129 Å². The van der Waals surface area contributed by atoms with Crippen molar-refractivity contribution in [1.29, 1.82) is 0 Å². The predicted octanol–water partition coefficient (Wildman–Crippen LogP) is 5.38. The second-order valence-corrected chi connectivity index (χ2v) is 10.4. The van der Waals surface area contributed by atoms with Crippen LogP contribution in [0.2, 0.25) is 0 Å². The van der Waals surface area contributed by atoms with Crippen LogP contribution >= 0.6 is 0 Å². The Balaban J connectivity index is 0.000000867. The quantitative estimate of drug-likeness (QED) is 0.271. The lowest BCUT2D eigenvalue weighted by molar-refractivity contribution is -0.136. The number of carboxylic acid groups (broad SMARTS) is 2. The Morgan fingerprint density at radius 3 is 2.35 bits per heavy atom. The molecule has 0 aromatic heterocycles. The molecule has 0 spiro atoms. The molecule has 9 heteroatoms. The molecule has 40 heavy (non-hydrogen) atoms. The second kappa shape index (κ2) is 14.3. The molecule has 1 heterocycles. The Kier molecular flexibility index (Phi) is 10.3. The van der Waals surface area contributed by atoms with Gasteiger partial charge in [0.15, 0.2) is 6.61 Å². The van der Waals surface area contributed by atoms with Crippen LogP contribution in [0.5, 0.6) is 0 Å². The van der Waals surface area contributed by atoms with E-state index in [1.165, 1.54) is 30.7 Å². The zero-order valence-corrected chi connectivity index (χ0v) is 22.6. The molecule has 5 rings (SSSR count). The molecule has 2 fully saturated rings. The number of carbonyl (C=O) groups is 3. The first kappa shape index (κ1) is 28.9. The number of hydrogen-bond acceptors (Lipinski definition) is 5. The third-order valence-corrected chi connectivity index (χ3v) is 7.32. The van der Waals surface area contributed by atoms with Crippen LogP contribution in [0.25, 0.3) is 0 Å². The van der Waals surface area contributed by atoms with Crippen LogP contribution in [0, 0.1) is 11.8 Å². The first-order valence-corrected chi connectivity index (χ1v) is 13.9. The number of benzene rings is 2. The van der Waals surface area contributed by atoms with Gasteiger partial charge in [-0.3, -0.25) is 9.59 Å². The zero-order chi connectivity index (χ0) is 28.3. The van der Waals surface area contributed by atoms with Gasteiger partial charge in [-0.05, 0) is 67.2 Å². The van der Waals surface area contributed by atoms with Crippen LogP contribution in [-0.2, 0) is 20.9 Å². The monoisotopic (exact) mass is 547 g/mol. The molecule has 2 amide bonds. The molecule has 3 N–H and O–H groups in total. The summed E-state index contributed by atoms with van der Waals surface area (Å²) in [5, 5.41) is 23.0. The van der Waals surface area contributed by atoms with Gasteiger partial charge in [-0.15, -0.1) is 5.10 Å². The minimum Gasteiger partial charge on any atom is -0.466 e. The summed E-state index contributed by atoms with van der Waals surface area (Å²) in [5.74, 6) is 1.46. The van der Waals surface area contributed by atoms with Crippen molar-refractivity contribution >= 4 is 23.9 Å². The molecule has 1 unspecified atom stereocenters. The summed E-state index contributed by atoms with van der Waals surface area (Å²) in [7, 11) is 0. The smallest absolute Gasteiger partial charge is 0.466 e. The number of nitrogens with zero attached hydrogens (tertiary/aromatic N) is 2. The maximum absolute atomic E-state index is 13.2. The first-order valence-electron chi connectivity index (χ1n) is 13.9. The summed E-state index contributed by atoms with van der Waals surface area (Å²) in [5.41, 5.74) is 2.87. The molecule has 3 aliphatic rings. The Hall–Kier alpha value is -4.14. The van der Waals surface area contributed by atoms with E-state index in [9.17, 15) is 9.59 Å². The van der Waals surface area contributed by atoms with Gasteiger partial charge in [0.25, 0.3) is 5.91 Å². The van der Waals surface area contributed by atoms with E-state index in [4.69, 9.17) is 19.7 Å². The Morgan fingerprint density at radius 1 is 1.02 bits per heavy atom. The summed E-state index contributed by atoms with van der Waals surface area (Å²) in [6.07, 6.45) is 10.7. The average Bonchev–Trinajstić information content (AvgIpc) is 3.62. The van der Waals surface area contributed by atoms with Gasteiger partial charge in [0, 0.05) is 12.1 Å². The highest BCUT2D eigenvalue weighted by atomic mass is 16.6. The van der Waals surface area contributed by atoms with Gasteiger partial charge in [0.05, 0.1) is 12.5 Å². The van der Waals surface area contributed by atoms with Gasteiger partial charge in [0.1, 0.15) is 0 Å². The Bertz CT molecular complexity index is 1200. The number of hydrazone groups is 1. The van der Waals surface area contributed by atoms with Crippen LogP contribution in [0.3, 0.4) is 0 Å². The van der Waals surface area contributed by atoms with E-state index in [0.29, 0.717) is 24.9 Å². The number of rotatable bonds is 10. The molecule has 0 bridgehead atoms. The molecule has 212 valence electrons. The standard InChI is InChI=1S/C30H35N3O3.CH2O3/c34-27-21-36-30(26-11-2-1-3-12-26)32-33(27)20-23-15-17-25(18-16-23)28(24-9-4-5-10-24)29(35)31-19-7-6-8-22-13-14-22;2-1(3)4/h1-3,6,8,11-12,15-18,22,24,28H,4-5,7,9-10,13-14,19-21H2,(H,31,35);(H2,2,3,4)/b8-6-;. The highest BCUT2D eigenvalue weighted by Gasteiger charge is 2.32. The molecule has 9 nitrogen and oxygen atoms in total. The van der Waals surface area contributed by atoms with Crippen molar-refractivity contribution in [3.8, 4) is 0 Å². The van der Waals surface area contributed by atoms with E-state index in [1.807, 2.05) is 42.5 Å². The van der Waals surface area contributed by atoms with Crippen LogP contribution in [0.15, 0.2) is 71.9 Å². The van der Waals surface area contributed by atoms with E-state index in [0.717, 1.165) is 41.9 Å². The van der Waals surface area contributed by atoms with Crippen molar-refractivity contribution in [2.24, 2.45) is 16.9 Å². The predicted molar refractivity (Wildman–Crippen MR) is 151 cm³/mol. The molecule has 1 atom stereocenters. The second-order valence-electron chi connectivity index (χ2n) is 10.4. The molecule has 0 radical (unpaired) electrons. The summed E-state index contributed by atoms with van der Waals surface area (Å²) < 4.78 is 5.55. The van der Waals surface area contributed by atoms with Gasteiger partial charge in [-0.25, -0.2) is 9.80 Å². The third-order valence-electron chi connectivity index (χ3n) is 7.32. The number of amides is 2. The third kappa shape index (κ3) is 8.69. The maximum Gasteiger partial charge on any atom is 0.503 e. The van der Waals surface area contributed by atoms with E-state index in [1.54, 1.807) is 0 Å². The lowest BCUT2D eigenvalue weighted by Gasteiger charge is -2.25. The van der Waals surface area contributed by atoms with Crippen molar-refractivity contribution in [3.05, 3.63) is 83.4 Å². The highest BCUT2D eigenvalue weighted by molar-refractivity contribution is 5.97. The number of ether oxygens (including phenoxy) is 1. The molecule has 1 aliphatic heterocycles. The zero-order valence-electron chi connectivity index (χ0n) is 22.6. The minimum atomic E-state index is -1.83. The summed E-state index contributed by atoms with van der Waals surface area (Å²) in [4.78, 5) is 34.2. The Labute approximate surface area is 234 Å². The molecular weight excluding hydrogens is 510 g/mol. The van der Waals surface area contributed by atoms with Crippen LogP contribution in [0.1, 0.15) is 67.6 Å².